The van der Waals surface area contributed by atoms with Gasteiger partial charge in [-0.1, -0.05) is 46.9 Å². The van der Waals surface area contributed by atoms with E-state index in [1.165, 1.54) is 0 Å². The third-order valence-electron chi connectivity index (χ3n) is 4.86. The number of carbonyl (C=O) groups excluding carboxylic acids is 1. The average Bonchev–Trinajstić information content (AvgIpc) is 2.71. The molecule has 1 heterocycles. The van der Waals surface area contributed by atoms with Crippen molar-refractivity contribution in [3.63, 3.8) is 0 Å². The lowest BCUT2D eigenvalue weighted by Gasteiger charge is -2.43. The van der Waals surface area contributed by atoms with Crippen LogP contribution in [0.4, 0.5) is 5.69 Å². The van der Waals surface area contributed by atoms with Crippen LogP contribution in [0.25, 0.3) is 0 Å². The van der Waals surface area contributed by atoms with E-state index in [1.54, 1.807) is 13.2 Å². The minimum atomic E-state index is -0.0670. The number of piperazine rings is 1. The van der Waals surface area contributed by atoms with Gasteiger partial charge in [0.05, 0.1) is 30.0 Å². The zero-order chi connectivity index (χ0) is 20.8. The van der Waals surface area contributed by atoms with Gasteiger partial charge in [0.1, 0.15) is 6.61 Å². The summed E-state index contributed by atoms with van der Waals surface area (Å²) in [5, 5.41) is 1.84. The number of carbonyl (C=O) groups is 1. The summed E-state index contributed by atoms with van der Waals surface area (Å²) in [4.78, 5) is 16.7. The van der Waals surface area contributed by atoms with Gasteiger partial charge in [-0.05, 0) is 35.9 Å². The summed E-state index contributed by atoms with van der Waals surface area (Å²) < 4.78 is 10.4. The number of ether oxygens (including phenoxy) is 2. The highest BCUT2D eigenvalue weighted by Gasteiger charge is 2.31. The van der Waals surface area contributed by atoms with E-state index in [0.717, 1.165) is 11.3 Å². The molecule has 0 radical (unpaired) electrons. The maximum atomic E-state index is 12.6. The van der Waals surface area contributed by atoms with Gasteiger partial charge in [0.25, 0.3) is 0 Å². The molecule has 0 aromatic heterocycles. The monoisotopic (exact) mass is 456 g/mol. The molecule has 8 heteroatoms. The van der Waals surface area contributed by atoms with E-state index in [1.807, 2.05) is 41.3 Å². The quantitative estimate of drug-likeness (QED) is 0.565. The molecular formula is C21H23Cl3N2O3. The molecule has 1 aliphatic heterocycles. The summed E-state index contributed by atoms with van der Waals surface area (Å²) in [5.41, 5.74) is 1.94. The van der Waals surface area contributed by atoms with E-state index in [2.05, 4.69) is 4.90 Å². The fourth-order valence-corrected chi connectivity index (χ4v) is 4.02. The highest BCUT2D eigenvalue weighted by Crippen LogP contribution is 2.36. The molecule has 3 rings (SSSR count). The molecule has 1 fully saturated rings. The van der Waals surface area contributed by atoms with Crippen LogP contribution < -0.4 is 4.90 Å². The molecule has 2 aromatic rings. The molecular weight excluding hydrogens is 435 g/mol. The van der Waals surface area contributed by atoms with E-state index < -0.39 is 0 Å². The lowest BCUT2D eigenvalue weighted by Crippen LogP contribution is -2.51. The second kappa shape index (κ2) is 10.5. The average molecular weight is 458 g/mol. The molecule has 1 unspecified atom stereocenters. The molecule has 0 aliphatic carbocycles. The molecule has 0 bridgehead atoms. The summed E-state index contributed by atoms with van der Waals surface area (Å²) in [6, 6.07) is 13.1. The molecule has 0 saturated carbocycles. The molecule has 1 atom stereocenters. The Morgan fingerprint density at radius 1 is 1.03 bits per heavy atom. The first-order valence-electron chi connectivity index (χ1n) is 9.31. The number of nitrogens with zero attached hydrogens (tertiary/aromatic N) is 2. The highest BCUT2D eigenvalue weighted by molar-refractivity contribution is 6.36. The fourth-order valence-electron chi connectivity index (χ4n) is 3.38. The second-order valence-corrected chi connectivity index (χ2v) is 8.02. The van der Waals surface area contributed by atoms with Crippen LogP contribution in [0.15, 0.2) is 42.5 Å². The second-order valence-electron chi connectivity index (χ2n) is 6.74. The fraction of sp³-hybridized carbons (Fsp3) is 0.381. The highest BCUT2D eigenvalue weighted by atomic mass is 35.5. The Balaban J connectivity index is 1.81. The van der Waals surface area contributed by atoms with Crippen LogP contribution in [0.2, 0.25) is 15.1 Å². The summed E-state index contributed by atoms with van der Waals surface area (Å²) >= 11 is 18.6. The van der Waals surface area contributed by atoms with Crippen molar-refractivity contribution in [2.45, 2.75) is 6.04 Å². The first-order chi connectivity index (χ1) is 14.0. The molecule has 2 aromatic carbocycles. The van der Waals surface area contributed by atoms with E-state index in [4.69, 9.17) is 44.3 Å². The SMILES string of the molecule is COCCOCC(=O)N1CCN(c2ccc(Cl)cc2Cl)C(c2ccc(Cl)cc2)C1. The Hall–Kier alpha value is -1.50. The number of methoxy groups -OCH3 is 1. The molecule has 5 nitrogen and oxygen atoms in total. The number of amides is 1. The van der Waals surface area contributed by atoms with Crippen molar-refractivity contribution in [2.75, 3.05) is 51.5 Å². The predicted octanol–water partition coefficient (Wildman–Crippen LogP) is 4.70. The molecule has 29 heavy (non-hydrogen) atoms. The van der Waals surface area contributed by atoms with Gasteiger partial charge in [-0.2, -0.15) is 0 Å². The number of benzene rings is 2. The third kappa shape index (κ3) is 5.77. The van der Waals surface area contributed by atoms with Gasteiger partial charge in [-0.25, -0.2) is 0 Å². The molecule has 1 amide bonds. The van der Waals surface area contributed by atoms with Crippen LogP contribution in [0.3, 0.4) is 0 Å². The van der Waals surface area contributed by atoms with Gasteiger partial charge in [0.2, 0.25) is 5.91 Å². The Morgan fingerprint density at radius 3 is 2.45 bits per heavy atom. The van der Waals surface area contributed by atoms with Crippen LogP contribution in [0, 0.1) is 0 Å². The number of halogens is 3. The standard InChI is InChI=1S/C21H23Cl3N2O3/c1-28-10-11-29-14-21(27)25-8-9-26(19-7-6-17(23)12-18(19)24)20(13-25)15-2-4-16(22)5-3-15/h2-7,12,20H,8-11,13-14H2,1H3. The molecule has 1 saturated heterocycles. The summed E-state index contributed by atoms with van der Waals surface area (Å²) in [5.74, 6) is -0.0399. The smallest absolute Gasteiger partial charge is 0.248 e. The van der Waals surface area contributed by atoms with Crippen molar-refractivity contribution >= 4 is 46.4 Å². The lowest BCUT2D eigenvalue weighted by molar-refractivity contribution is -0.137. The minimum absolute atomic E-state index is 0.0399. The Bertz CT molecular complexity index is 832. The van der Waals surface area contributed by atoms with E-state index >= 15 is 0 Å². The van der Waals surface area contributed by atoms with E-state index in [-0.39, 0.29) is 18.6 Å². The first-order valence-corrected chi connectivity index (χ1v) is 10.4. The van der Waals surface area contributed by atoms with Crippen LogP contribution in [0.5, 0.6) is 0 Å². The Kier molecular flexibility index (Phi) is 8.04. The maximum absolute atomic E-state index is 12.6. The van der Waals surface area contributed by atoms with Gasteiger partial charge in [-0.15, -0.1) is 0 Å². The number of anilines is 1. The van der Waals surface area contributed by atoms with Gasteiger partial charge in [0.15, 0.2) is 0 Å². The van der Waals surface area contributed by atoms with E-state index in [0.29, 0.717) is 47.9 Å². The zero-order valence-electron chi connectivity index (χ0n) is 16.1. The van der Waals surface area contributed by atoms with Crippen molar-refractivity contribution in [1.29, 1.82) is 0 Å². The number of rotatable bonds is 7. The largest absolute Gasteiger partial charge is 0.382 e. The third-order valence-corrected chi connectivity index (χ3v) is 5.65. The minimum Gasteiger partial charge on any atom is -0.382 e. The molecule has 156 valence electrons. The summed E-state index contributed by atoms with van der Waals surface area (Å²) in [6.45, 7) is 2.63. The van der Waals surface area contributed by atoms with Crippen LogP contribution in [0.1, 0.15) is 11.6 Å². The van der Waals surface area contributed by atoms with Crippen LogP contribution in [-0.4, -0.2) is 57.4 Å². The lowest BCUT2D eigenvalue weighted by atomic mass is 10.0. The zero-order valence-corrected chi connectivity index (χ0v) is 18.4. The number of hydrogen-bond donors (Lipinski definition) is 0. The van der Waals surface area contributed by atoms with Gasteiger partial charge >= 0.3 is 0 Å². The molecule has 0 N–H and O–H groups in total. The summed E-state index contributed by atoms with van der Waals surface area (Å²) in [6.07, 6.45) is 0. The van der Waals surface area contributed by atoms with Crippen molar-refractivity contribution in [1.82, 2.24) is 4.90 Å². The van der Waals surface area contributed by atoms with Gasteiger partial charge in [0, 0.05) is 36.8 Å². The molecule has 0 spiro atoms. The van der Waals surface area contributed by atoms with Crippen molar-refractivity contribution in [2.24, 2.45) is 0 Å². The maximum Gasteiger partial charge on any atom is 0.248 e. The van der Waals surface area contributed by atoms with Gasteiger partial charge < -0.3 is 19.3 Å². The topological polar surface area (TPSA) is 42.0 Å². The Labute approximate surface area is 186 Å². The van der Waals surface area contributed by atoms with Crippen LogP contribution in [-0.2, 0) is 14.3 Å². The van der Waals surface area contributed by atoms with Crippen molar-refractivity contribution < 1.29 is 14.3 Å². The van der Waals surface area contributed by atoms with Crippen molar-refractivity contribution in [3.8, 4) is 0 Å². The summed E-state index contributed by atoms with van der Waals surface area (Å²) in [7, 11) is 1.60. The normalized spacial score (nSPS) is 16.9. The van der Waals surface area contributed by atoms with Crippen LogP contribution >= 0.6 is 34.8 Å². The van der Waals surface area contributed by atoms with E-state index in [9.17, 15) is 4.79 Å². The van der Waals surface area contributed by atoms with Crippen molar-refractivity contribution in [3.05, 3.63) is 63.1 Å². The predicted molar refractivity (Wildman–Crippen MR) is 117 cm³/mol. The van der Waals surface area contributed by atoms with Gasteiger partial charge in [-0.3, -0.25) is 4.79 Å². The molecule has 1 aliphatic rings. The first kappa shape index (κ1) is 22.2. The Morgan fingerprint density at radius 2 is 1.76 bits per heavy atom. The number of hydrogen-bond acceptors (Lipinski definition) is 4.